The summed E-state index contributed by atoms with van der Waals surface area (Å²) < 4.78 is 25.0. The van der Waals surface area contributed by atoms with Gasteiger partial charge in [0.1, 0.15) is 0 Å². The van der Waals surface area contributed by atoms with E-state index in [1.807, 2.05) is 19.1 Å². The summed E-state index contributed by atoms with van der Waals surface area (Å²) in [6, 6.07) is 11.6. The van der Waals surface area contributed by atoms with Gasteiger partial charge in [0.2, 0.25) is 0 Å². The Hall–Kier alpha value is -2.14. The average Bonchev–Trinajstić information content (AvgIpc) is 2.37. The first-order chi connectivity index (χ1) is 9.81. The molecule has 0 saturated carbocycles. The predicted molar refractivity (Wildman–Crippen MR) is 80.2 cm³/mol. The normalized spacial score (nSPS) is 11.3. The Bertz CT molecular complexity index is 792. The molecule has 5 heteroatoms. The smallest absolute Gasteiger partial charge is 0.335 e. The molecule has 0 saturated heterocycles. The van der Waals surface area contributed by atoms with Crippen molar-refractivity contribution in [2.75, 3.05) is 0 Å². The molecule has 21 heavy (non-hydrogen) atoms. The Balaban J connectivity index is 2.45. The highest BCUT2D eigenvalue weighted by molar-refractivity contribution is 7.90. The lowest BCUT2D eigenvalue weighted by atomic mass is 10.1. The summed E-state index contributed by atoms with van der Waals surface area (Å²) >= 11 is 0. The molecule has 0 aliphatic rings. The van der Waals surface area contributed by atoms with E-state index in [4.69, 9.17) is 5.11 Å². The summed E-state index contributed by atoms with van der Waals surface area (Å²) in [5, 5.41) is 9.09. The Labute approximate surface area is 124 Å². The zero-order chi connectivity index (χ0) is 15.6. The number of benzene rings is 2. The van der Waals surface area contributed by atoms with Crippen molar-refractivity contribution in [2.45, 2.75) is 24.5 Å². The van der Waals surface area contributed by atoms with Crippen LogP contribution in [0.3, 0.4) is 0 Å². The monoisotopic (exact) mass is 304 g/mol. The van der Waals surface area contributed by atoms with Gasteiger partial charge in [-0.15, -0.1) is 0 Å². The van der Waals surface area contributed by atoms with Gasteiger partial charge in [0.05, 0.1) is 16.2 Å². The maximum atomic E-state index is 12.5. The SMILES string of the molecule is Cc1cccc(CS(=O)(=O)c2cccc(C(=O)O)c2C)c1. The first-order valence-electron chi connectivity index (χ1n) is 6.42. The van der Waals surface area contributed by atoms with Gasteiger partial charge in [0.15, 0.2) is 9.84 Å². The summed E-state index contributed by atoms with van der Waals surface area (Å²) in [6.45, 7) is 3.42. The van der Waals surface area contributed by atoms with Gasteiger partial charge >= 0.3 is 5.97 Å². The van der Waals surface area contributed by atoms with Crippen LogP contribution in [-0.2, 0) is 15.6 Å². The quantitative estimate of drug-likeness (QED) is 0.942. The summed E-state index contributed by atoms with van der Waals surface area (Å²) in [7, 11) is -3.58. The van der Waals surface area contributed by atoms with Crippen molar-refractivity contribution in [2.24, 2.45) is 0 Å². The number of carboxylic acids is 1. The molecule has 2 rings (SSSR count). The van der Waals surface area contributed by atoms with E-state index in [1.54, 1.807) is 12.1 Å². The topological polar surface area (TPSA) is 71.4 Å². The molecule has 2 aromatic rings. The van der Waals surface area contributed by atoms with E-state index < -0.39 is 15.8 Å². The van der Waals surface area contributed by atoms with Crippen LogP contribution >= 0.6 is 0 Å². The van der Waals surface area contributed by atoms with Gasteiger partial charge in [-0.05, 0) is 37.1 Å². The van der Waals surface area contributed by atoms with Gasteiger partial charge in [0, 0.05) is 0 Å². The standard InChI is InChI=1S/C16H16O4S/c1-11-5-3-6-13(9-11)10-21(19,20)15-8-4-7-14(12(15)2)16(17)18/h3-9H,10H2,1-2H3,(H,17,18). The van der Waals surface area contributed by atoms with Crippen LogP contribution in [-0.4, -0.2) is 19.5 Å². The molecular weight excluding hydrogens is 288 g/mol. The molecule has 0 radical (unpaired) electrons. The fraction of sp³-hybridized carbons (Fsp3) is 0.188. The first kappa shape index (κ1) is 15.3. The van der Waals surface area contributed by atoms with Crippen molar-refractivity contribution in [1.82, 2.24) is 0 Å². The molecule has 0 aliphatic heterocycles. The average molecular weight is 304 g/mol. The predicted octanol–water partition coefficient (Wildman–Crippen LogP) is 2.98. The molecule has 0 unspecified atom stereocenters. The number of aromatic carboxylic acids is 1. The number of hydrogen-bond acceptors (Lipinski definition) is 3. The van der Waals surface area contributed by atoms with Gasteiger partial charge in [0.25, 0.3) is 0 Å². The minimum atomic E-state index is -3.58. The largest absolute Gasteiger partial charge is 0.478 e. The van der Waals surface area contributed by atoms with Crippen molar-refractivity contribution in [3.05, 3.63) is 64.7 Å². The lowest BCUT2D eigenvalue weighted by Gasteiger charge is -2.10. The first-order valence-corrected chi connectivity index (χ1v) is 8.08. The Kier molecular flexibility index (Phi) is 4.14. The minimum absolute atomic E-state index is 0.0142. The summed E-state index contributed by atoms with van der Waals surface area (Å²) in [5.74, 6) is -1.27. The highest BCUT2D eigenvalue weighted by atomic mass is 32.2. The second kappa shape index (κ2) is 5.69. The molecule has 0 aliphatic carbocycles. The van der Waals surface area contributed by atoms with Gasteiger partial charge in [-0.25, -0.2) is 13.2 Å². The molecule has 1 N–H and O–H groups in total. The summed E-state index contributed by atoms with van der Waals surface area (Å²) in [6.07, 6.45) is 0. The highest BCUT2D eigenvalue weighted by Crippen LogP contribution is 2.23. The maximum absolute atomic E-state index is 12.5. The molecule has 0 spiro atoms. The molecular formula is C16H16O4S. The summed E-state index contributed by atoms with van der Waals surface area (Å²) in [4.78, 5) is 11.2. The van der Waals surface area contributed by atoms with E-state index in [0.717, 1.165) is 5.56 Å². The van der Waals surface area contributed by atoms with Gasteiger partial charge in [-0.1, -0.05) is 35.9 Å². The Morgan fingerprint density at radius 3 is 2.38 bits per heavy atom. The lowest BCUT2D eigenvalue weighted by molar-refractivity contribution is 0.0696. The van der Waals surface area contributed by atoms with Crippen molar-refractivity contribution in [3.63, 3.8) is 0 Å². The molecule has 0 atom stereocenters. The third-order valence-electron chi connectivity index (χ3n) is 3.29. The van der Waals surface area contributed by atoms with E-state index in [2.05, 4.69) is 0 Å². The molecule has 0 heterocycles. The van der Waals surface area contributed by atoms with Crippen LogP contribution < -0.4 is 0 Å². The molecule has 0 amide bonds. The Morgan fingerprint density at radius 1 is 1.10 bits per heavy atom. The van der Waals surface area contributed by atoms with Gasteiger partial charge in [-0.3, -0.25) is 0 Å². The lowest BCUT2D eigenvalue weighted by Crippen LogP contribution is -2.10. The number of sulfone groups is 1. The van der Waals surface area contributed by atoms with Crippen molar-refractivity contribution < 1.29 is 18.3 Å². The number of carboxylic acid groups (broad SMARTS) is 1. The third kappa shape index (κ3) is 3.31. The molecule has 4 nitrogen and oxygen atoms in total. The van der Waals surface area contributed by atoms with E-state index in [9.17, 15) is 13.2 Å². The van der Waals surface area contributed by atoms with Crippen LogP contribution in [0.25, 0.3) is 0 Å². The van der Waals surface area contributed by atoms with Crippen LogP contribution in [0.15, 0.2) is 47.4 Å². The molecule has 0 fully saturated rings. The maximum Gasteiger partial charge on any atom is 0.335 e. The fourth-order valence-electron chi connectivity index (χ4n) is 2.28. The summed E-state index contributed by atoms with van der Waals surface area (Å²) in [5.41, 5.74) is 1.96. The van der Waals surface area contributed by atoms with Crippen molar-refractivity contribution in [3.8, 4) is 0 Å². The van der Waals surface area contributed by atoms with Gasteiger partial charge in [-0.2, -0.15) is 0 Å². The molecule has 0 aromatic heterocycles. The minimum Gasteiger partial charge on any atom is -0.478 e. The molecule has 0 bridgehead atoms. The fourth-order valence-corrected chi connectivity index (χ4v) is 3.92. The Morgan fingerprint density at radius 2 is 1.76 bits per heavy atom. The van der Waals surface area contributed by atoms with Crippen LogP contribution in [0.4, 0.5) is 0 Å². The number of carbonyl (C=O) groups is 1. The van der Waals surface area contributed by atoms with Crippen molar-refractivity contribution >= 4 is 15.8 Å². The second-order valence-corrected chi connectivity index (χ2v) is 6.94. The highest BCUT2D eigenvalue weighted by Gasteiger charge is 2.21. The second-order valence-electron chi connectivity index (χ2n) is 4.98. The third-order valence-corrected chi connectivity index (χ3v) is 5.11. The number of hydrogen-bond donors (Lipinski definition) is 1. The molecule has 2 aromatic carbocycles. The van der Waals surface area contributed by atoms with E-state index in [1.165, 1.54) is 25.1 Å². The van der Waals surface area contributed by atoms with Crippen molar-refractivity contribution in [1.29, 1.82) is 0 Å². The van der Waals surface area contributed by atoms with E-state index in [-0.39, 0.29) is 21.8 Å². The van der Waals surface area contributed by atoms with Crippen LogP contribution in [0.1, 0.15) is 27.0 Å². The van der Waals surface area contributed by atoms with Crippen LogP contribution in [0, 0.1) is 13.8 Å². The zero-order valence-electron chi connectivity index (χ0n) is 11.8. The van der Waals surface area contributed by atoms with Crippen LogP contribution in [0.5, 0.6) is 0 Å². The zero-order valence-corrected chi connectivity index (χ0v) is 12.6. The number of rotatable bonds is 4. The molecule has 110 valence electrons. The van der Waals surface area contributed by atoms with Crippen LogP contribution in [0.2, 0.25) is 0 Å². The number of aryl methyl sites for hydroxylation is 1. The van der Waals surface area contributed by atoms with E-state index in [0.29, 0.717) is 5.56 Å². The van der Waals surface area contributed by atoms with E-state index >= 15 is 0 Å². The van der Waals surface area contributed by atoms with Gasteiger partial charge < -0.3 is 5.11 Å².